The molecule has 0 radical (unpaired) electrons. The first kappa shape index (κ1) is 18.0. The van der Waals surface area contributed by atoms with Gasteiger partial charge in [0.05, 0.1) is 17.7 Å². The van der Waals surface area contributed by atoms with Crippen molar-refractivity contribution in [1.29, 1.82) is 0 Å². The van der Waals surface area contributed by atoms with Crippen molar-refractivity contribution < 1.29 is 17.9 Å². The zero-order valence-corrected chi connectivity index (χ0v) is 14.4. The number of rotatable bonds is 6. The van der Waals surface area contributed by atoms with Crippen molar-refractivity contribution in [3.63, 3.8) is 0 Å². The molecule has 0 saturated carbocycles. The molecule has 2 aromatic carbocycles. The predicted molar refractivity (Wildman–Crippen MR) is 92.5 cm³/mol. The number of benzene rings is 2. The number of nitrogens with one attached hydrogen (secondary N) is 1. The molecule has 0 fully saturated rings. The summed E-state index contributed by atoms with van der Waals surface area (Å²) in [7, 11) is -2.41. The van der Waals surface area contributed by atoms with E-state index in [4.69, 9.17) is 9.88 Å². The van der Waals surface area contributed by atoms with Crippen LogP contribution in [0.5, 0.6) is 5.75 Å². The molecule has 3 N–H and O–H groups in total. The minimum absolute atomic E-state index is 0.0860. The van der Waals surface area contributed by atoms with Gasteiger partial charge in [-0.25, -0.2) is 13.6 Å². The Morgan fingerprint density at radius 3 is 2.42 bits per heavy atom. The van der Waals surface area contributed by atoms with Crippen LogP contribution in [0.25, 0.3) is 0 Å². The van der Waals surface area contributed by atoms with Crippen LogP contribution in [0.15, 0.2) is 47.4 Å². The molecule has 0 saturated heterocycles. The van der Waals surface area contributed by atoms with E-state index in [2.05, 4.69) is 5.32 Å². The highest BCUT2D eigenvalue weighted by Gasteiger charge is 2.14. The Kier molecular flexibility index (Phi) is 5.58. The molecule has 0 aliphatic rings. The molecule has 0 aliphatic carbocycles. The molecule has 2 rings (SSSR count). The molecule has 0 aromatic heterocycles. The van der Waals surface area contributed by atoms with Gasteiger partial charge < -0.3 is 10.1 Å². The van der Waals surface area contributed by atoms with Crippen molar-refractivity contribution in [2.24, 2.45) is 5.14 Å². The Balaban J connectivity index is 2.08. The number of sulfonamides is 1. The summed E-state index contributed by atoms with van der Waals surface area (Å²) in [6, 6.07) is 12.0. The molecule has 128 valence electrons. The largest absolute Gasteiger partial charge is 0.495 e. The minimum Gasteiger partial charge on any atom is -0.495 e. The number of aryl methyl sites for hydroxylation is 2. The molecular weight excluding hydrogens is 328 g/mol. The van der Waals surface area contributed by atoms with E-state index in [0.717, 1.165) is 11.1 Å². The van der Waals surface area contributed by atoms with Gasteiger partial charge in [-0.1, -0.05) is 29.8 Å². The molecule has 6 nitrogen and oxygen atoms in total. The van der Waals surface area contributed by atoms with Gasteiger partial charge in [-0.3, -0.25) is 4.79 Å². The first-order valence-electron chi connectivity index (χ1n) is 7.36. The minimum atomic E-state index is -3.85. The van der Waals surface area contributed by atoms with Gasteiger partial charge in [0.1, 0.15) is 5.75 Å². The highest BCUT2D eigenvalue weighted by atomic mass is 32.2. The molecule has 7 heteroatoms. The standard InChI is InChI=1S/C17H20N2O4S/c1-12-3-5-13(6-4-12)7-10-17(20)19-15-11-14(24(18,21)22)8-9-16(15)23-2/h3-6,8-9,11H,7,10H2,1-2H3,(H,19,20)(H2,18,21,22). The molecule has 0 spiro atoms. The van der Waals surface area contributed by atoms with Gasteiger partial charge in [0.25, 0.3) is 0 Å². The van der Waals surface area contributed by atoms with E-state index in [1.54, 1.807) is 0 Å². The number of carbonyl (C=O) groups is 1. The van der Waals surface area contributed by atoms with Gasteiger partial charge in [-0.2, -0.15) is 0 Å². The Labute approximate surface area is 141 Å². The van der Waals surface area contributed by atoms with E-state index < -0.39 is 10.0 Å². The molecule has 0 atom stereocenters. The zero-order chi connectivity index (χ0) is 17.7. The van der Waals surface area contributed by atoms with Gasteiger partial charge in [0, 0.05) is 6.42 Å². The summed E-state index contributed by atoms with van der Waals surface area (Å²) in [5, 5.41) is 7.79. The molecule has 24 heavy (non-hydrogen) atoms. The molecule has 1 amide bonds. The van der Waals surface area contributed by atoms with Crippen molar-refractivity contribution in [3.8, 4) is 5.75 Å². The van der Waals surface area contributed by atoms with Crippen molar-refractivity contribution in [2.45, 2.75) is 24.7 Å². The zero-order valence-electron chi connectivity index (χ0n) is 13.6. The Morgan fingerprint density at radius 2 is 1.83 bits per heavy atom. The normalized spacial score (nSPS) is 11.1. The summed E-state index contributed by atoms with van der Waals surface area (Å²) < 4.78 is 28.0. The smallest absolute Gasteiger partial charge is 0.238 e. The van der Waals surface area contributed by atoms with Crippen molar-refractivity contribution in [1.82, 2.24) is 0 Å². The molecule has 0 unspecified atom stereocenters. The van der Waals surface area contributed by atoms with Crippen molar-refractivity contribution in [3.05, 3.63) is 53.6 Å². The average Bonchev–Trinajstić information content (AvgIpc) is 2.53. The lowest BCUT2D eigenvalue weighted by molar-refractivity contribution is -0.116. The van der Waals surface area contributed by atoms with Gasteiger partial charge in [-0.15, -0.1) is 0 Å². The van der Waals surface area contributed by atoms with E-state index in [9.17, 15) is 13.2 Å². The van der Waals surface area contributed by atoms with Gasteiger partial charge in [0.2, 0.25) is 15.9 Å². The highest BCUT2D eigenvalue weighted by molar-refractivity contribution is 7.89. The maximum Gasteiger partial charge on any atom is 0.238 e. The van der Waals surface area contributed by atoms with Gasteiger partial charge in [-0.05, 0) is 37.1 Å². The van der Waals surface area contributed by atoms with E-state index >= 15 is 0 Å². The van der Waals surface area contributed by atoms with Crippen molar-refractivity contribution in [2.75, 3.05) is 12.4 Å². The summed E-state index contributed by atoms with van der Waals surface area (Å²) >= 11 is 0. The third kappa shape index (κ3) is 4.81. The highest BCUT2D eigenvalue weighted by Crippen LogP contribution is 2.27. The number of methoxy groups -OCH3 is 1. The van der Waals surface area contributed by atoms with Crippen LogP contribution < -0.4 is 15.2 Å². The van der Waals surface area contributed by atoms with Crippen LogP contribution in [0.4, 0.5) is 5.69 Å². The van der Waals surface area contributed by atoms with Crippen LogP contribution in [0.2, 0.25) is 0 Å². The second-order valence-corrected chi connectivity index (χ2v) is 7.00. The number of hydrogen-bond acceptors (Lipinski definition) is 4. The Hall–Kier alpha value is -2.38. The van der Waals surface area contributed by atoms with Crippen LogP contribution in [0.3, 0.4) is 0 Å². The second-order valence-electron chi connectivity index (χ2n) is 5.44. The predicted octanol–water partition coefficient (Wildman–Crippen LogP) is 2.22. The Morgan fingerprint density at radius 1 is 1.17 bits per heavy atom. The lowest BCUT2D eigenvalue weighted by atomic mass is 10.1. The third-order valence-corrected chi connectivity index (χ3v) is 4.45. The quantitative estimate of drug-likeness (QED) is 0.836. The SMILES string of the molecule is COc1ccc(S(N)(=O)=O)cc1NC(=O)CCc1ccc(C)cc1. The maximum absolute atomic E-state index is 12.1. The number of carbonyl (C=O) groups excluding carboxylic acids is 1. The average molecular weight is 348 g/mol. The summed E-state index contributed by atoms with van der Waals surface area (Å²) in [4.78, 5) is 12.0. The van der Waals surface area contributed by atoms with Gasteiger partial charge >= 0.3 is 0 Å². The fourth-order valence-corrected chi connectivity index (χ4v) is 2.73. The van der Waals surface area contributed by atoms with E-state index in [-0.39, 0.29) is 22.9 Å². The fourth-order valence-electron chi connectivity index (χ4n) is 2.19. The first-order valence-corrected chi connectivity index (χ1v) is 8.90. The number of anilines is 1. The van der Waals surface area contributed by atoms with Crippen LogP contribution in [0, 0.1) is 6.92 Å². The second kappa shape index (κ2) is 7.46. The number of amides is 1. The summed E-state index contributed by atoms with van der Waals surface area (Å²) in [6.07, 6.45) is 0.856. The number of ether oxygens (including phenoxy) is 1. The topological polar surface area (TPSA) is 98.5 Å². The summed E-state index contributed by atoms with van der Waals surface area (Å²) in [5.41, 5.74) is 2.49. The molecule has 0 heterocycles. The van der Waals surface area contributed by atoms with E-state index in [0.29, 0.717) is 12.2 Å². The van der Waals surface area contributed by atoms with Crippen LogP contribution in [-0.4, -0.2) is 21.4 Å². The monoisotopic (exact) mass is 348 g/mol. The molecule has 2 aromatic rings. The lowest BCUT2D eigenvalue weighted by Crippen LogP contribution is -2.15. The van der Waals surface area contributed by atoms with E-state index in [1.165, 1.54) is 25.3 Å². The third-order valence-electron chi connectivity index (χ3n) is 3.53. The summed E-state index contributed by atoms with van der Waals surface area (Å²) in [5.74, 6) is 0.131. The summed E-state index contributed by atoms with van der Waals surface area (Å²) in [6.45, 7) is 2.00. The van der Waals surface area contributed by atoms with Crippen LogP contribution in [0.1, 0.15) is 17.5 Å². The van der Waals surface area contributed by atoms with E-state index in [1.807, 2.05) is 31.2 Å². The number of primary sulfonamides is 1. The van der Waals surface area contributed by atoms with Crippen LogP contribution >= 0.6 is 0 Å². The number of hydrogen-bond donors (Lipinski definition) is 2. The molecule has 0 bridgehead atoms. The first-order chi connectivity index (χ1) is 11.3. The maximum atomic E-state index is 12.1. The molecular formula is C17H20N2O4S. The number of nitrogens with two attached hydrogens (primary N) is 1. The van der Waals surface area contributed by atoms with Crippen LogP contribution in [-0.2, 0) is 21.2 Å². The molecule has 0 aliphatic heterocycles. The lowest BCUT2D eigenvalue weighted by Gasteiger charge is -2.11. The fraction of sp³-hybridized carbons (Fsp3) is 0.235. The Bertz CT molecular complexity index is 830. The van der Waals surface area contributed by atoms with Gasteiger partial charge in [0.15, 0.2) is 0 Å². The van der Waals surface area contributed by atoms with Crippen molar-refractivity contribution >= 4 is 21.6 Å².